The normalized spacial score (nSPS) is 12.9. The fraction of sp³-hybridized carbons (Fsp3) is 0.667. The van der Waals surface area contributed by atoms with Gasteiger partial charge in [-0.2, -0.15) is 11.8 Å². The zero-order valence-corrected chi connectivity index (χ0v) is 10.5. The van der Waals surface area contributed by atoms with Crippen LogP contribution in [0.2, 0.25) is 0 Å². The highest BCUT2D eigenvalue weighted by molar-refractivity contribution is 7.99. The Morgan fingerprint density at radius 1 is 1.64 bits per heavy atom. The predicted octanol–water partition coefficient (Wildman–Crippen LogP) is 1.96. The minimum atomic E-state index is 0.448. The molecule has 1 aromatic rings. The molecule has 3 nitrogen and oxygen atoms in total. The van der Waals surface area contributed by atoms with Crippen LogP contribution in [-0.2, 0) is 0 Å². The molecule has 0 amide bonds. The second-order valence-electron chi connectivity index (χ2n) is 3.25. The van der Waals surface area contributed by atoms with Crippen molar-refractivity contribution >= 4 is 28.2 Å². The third-order valence-electron chi connectivity index (χ3n) is 1.79. The van der Waals surface area contributed by atoms with Crippen LogP contribution < -0.4 is 10.6 Å². The summed E-state index contributed by atoms with van der Waals surface area (Å²) in [7, 11) is 4.03. The van der Waals surface area contributed by atoms with Gasteiger partial charge in [0.15, 0.2) is 5.13 Å². The molecule has 80 valence electrons. The molecule has 0 saturated heterocycles. The average Bonchev–Trinajstić information content (AvgIpc) is 2.62. The largest absolute Gasteiger partial charge is 0.354 e. The summed E-state index contributed by atoms with van der Waals surface area (Å²) in [6.07, 6.45) is 0. The SMILES string of the molecule is CC(SCCN)c1csc(N(C)C)n1. The van der Waals surface area contributed by atoms with Crippen LogP contribution in [0, 0.1) is 0 Å². The molecule has 0 radical (unpaired) electrons. The third-order valence-corrected chi connectivity index (χ3v) is 4.03. The van der Waals surface area contributed by atoms with Crippen LogP contribution in [0.15, 0.2) is 5.38 Å². The number of thioether (sulfide) groups is 1. The predicted molar refractivity (Wildman–Crippen MR) is 66.4 cm³/mol. The van der Waals surface area contributed by atoms with E-state index in [9.17, 15) is 0 Å². The molecule has 14 heavy (non-hydrogen) atoms. The second-order valence-corrected chi connectivity index (χ2v) is 5.54. The maximum absolute atomic E-state index is 5.46. The Morgan fingerprint density at radius 3 is 2.86 bits per heavy atom. The van der Waals surface area contributed by atoms with Gasteiger partial charge in [0, 0.05) is 37.0 Å². The fourth-order valence-electron chi connectivity index (χ4n) is 0.999. The number of rotatable bonds is 5. The molecule has 0 spiro atoms. The molecule has 0 aliphatic heterocycles. The van der Waals surface area contributed by atoms with Crippen molar-refractivity contribution in [2.45, 2.75) is 12.2 Å². The van der Waals surface area contributed by atoms with Gasteiger partial charge in [-0.3, -0.25) is 0 Å². The van der Waals surface area contributed by atoms with E-state index in [0.29, 0.717) is 5.25 Å². The lowest BCUT2D eigenvalue weighted by Crippen LogP contribution is -2.08. The molecular weight excluding hydrogens is 214 g/mol. The quantitative estimate of drug-likeness (QED) is 0.841. The Labute approximate surface area is 93.7 Å². The van der Waals surface area contributed by atoms with E-state index in [1.807, 2.05) is 30.8 Å². The second kappa shape index (κ2) is 5.58. The fourth-order valence-corrected chi connectivity index (χ4v) is 2.72. The Morgan fingerprint density at radius 2 is 2.36 bits per heavy atom. The Hall–Kier alpha value is -0.260. The molecule has 1 heterocycles. The number of nitrogens with zero attached hydrogens (tertiary/aromatic N) is 2. The first-order valence-corrected chi connectivity index (χ1v) is 6.52. The molecule has 2 N–H and O–H groups in total. The number of hydrogen-bond donors (Lipinski definition) is 1. The standard InChI is InChI=1S/C9H17N3S2/c1-7(13-5-4-10)8-6-14-9(11-8)12(2)3/h6-7H,4-5,10H2,1-3H3. The van der Waals surface area contributed by atoms with Crippen molar-refractivity contribution in [1.29, 1.82) is 0 Å². The zero-order valence-electron chi connectivity index (χ0n) is 8.86. The Bertz CT molecular complexity index is 273. The number of hydrogen-bond acceptors (Lipinski definition) is 5. The number of aromatic nitrogens is 1. The van der Waals surface area contributed by atoms with Crippen LogP contribution in [0.1, 0.15) is 17.9 Å². The van der Waals surface area contributed by atoms with E-state index in [1.54, 1.807) is 11.3 Å². The molecule has 0 saturated carbocycles. The van der Waals surface area contributed by atoms with E-state index < -0.39 is 0 Å². The average molecular weight is 231 g/mol. The highest BCUT2D eigenvalue weighted by Crippen LogP contribution is 2.30. The van der Waals surface area contributed by atoms with E-state index >= 15 is 0 Å². The first-order chi connectivity index (χ1) is 6.65. The van der Waals surface area contributed by atoms with Crippen LogP contribution in [0.4, 0.5) is 5.13 Å². The molecule has 1 unspecified atom stereocenters. The first-order valence-electron chi connectivity index (χ1n) is 4.59. The minimum Gasteiger partial charge on any atom is -0.354 e. The molecular formula is C9H17N3S2. The molecule has 0 aliphatic carbocycles. The highest BCUT2D eigenvalue weighted by Gasteiger charge is 2.10. The van der Waals surface area contributed by atoms with Gasteiger partial charge in [-0.1, -0.05) is 0 Å². The Balaban J connectivity index is 2.57. The van der Waals surface area contributed by atoms with Gasteiger partial charge in [-0.15, -0.1) is 11.3 Å². The first kappa shape index (κ1) is 11.8. The van der Waals surface area contributed by atoms with Crippen molar-refractivity contribution < 1.29 is 0 Å². The topological polar surface area (TPSA) is 42.1 Å². The van der Waals surface area contributed by atoms with Gasteiger partial charge < -0.3 is 10.6 Å². The van der Waals surface area contributed by atoms with Crippen molar-refractivity contribution in [2.24, 2.45) is 5.73 Å². The number of nitrogens with two attached hydrogens (primary N) is 1. The lowest BCUT2D eigenvalue weighted by molar-refractivity contribution is 0.999. The molecule has 0 aliphatic rings. The van der Waals surface area contributed by atoms with Crippen LogP contribution >= 0.6 is 23.1 Å². The van der Waals surface area contributed by atoms with Gasteiger partial charge >= 0.3 is 0 Å². The van der Waals surface area contributed by atoms with E-state index in [0.717, 1.165) is 23.1 Å². The molecule has 1 atom stereocenters. The summed E-state index contributed by atoms with van der Waals surface area (Å²) >= 11 is 3.54. The summed E-state index contributed by atoms with van der Waals surface area (Å²) in [5.74, 6) is 0.996. The monoisotopic (exact) mass is 231 g/mol. The van der Waals surface area contributed by atoms with Crippen LogP contribution in [0.3, 0.4) is 0 Å². The maximum atomic E-state index is 5.46. The number of thiazole rings is 1. The third kappa shape index (κ3) is 3.15. The zero-order chi connectivity index (χ0) is 10.6. The van der Waals surface area contributed by atoms with Gasteiger partial charge in [0.2, 0.25) is 0 Å². The summed E-state index contributed by atoms with van der Waals surface area (Å²) in [5.41, 5.74) is 6.63. The van der Waals surface area contributed by atoms with Gasteiger partial charge in [-0.25, -0.2) is 4.98 Å². The summed E-state index contributed by atoms with van der Waals surface area (Å²) in [5, 5.41) is 3.65. The van der Waals surface area contributed by atoms with Crippen molar-refractivity contribution in [1.82, 2.24) is 4.98 Å². The van der Waals surface area contributed by atoms with Gasteiger partial charge in [-0.05, 0) is 6.92 Å². The van der Waals surface area contributed by atoms with E-state index in [-0.39, 0.29) is 0 Å². The van der Waals surface area contributed by atoms with E-state index in [2.05, 4.69) is 17.3 Å². The maximum Gasteiger partial charge on any atom is 0.185 e. The highest BCUT2D eigenvalue weighted by atomic mass is 32.2. The minimum absolute atomic E-state index is 0.448. The lowest BCUT2D eigenvalue weighted by atomic mass is 10.4. The van der Waals surface area contributed by atoms with Gasteiger partial charge in [0.1, 0.15) is 0 Å². The van der Waals surface area contributed by atoms with Crippen LogP contribution in [0.5, 0.6) is 0 Å². The lowest BCUT2D eigenvalue weighted by Gasteiger charge is -2.08. The van der Waals surface area contributed by atoms with Crippen LogP contribution in [-0.4, -0.2) is 31.4 Å². The van der Waals surface area contributed by atoms with Crippen molar-refractivity contribution in [3.05, 3.63) is 11.1 Å². The van der Waals surface area contributed by atoms with Crippen molar-refractivity contribution in [3.63, 3.8) is 0 Å². The smallest absolute Gasteiger partial charge is 0.185 e. The van der Waals surface area contributed by atoms with E-state index in [4.69, 9.17) is 5.73 Å². The Kier molecular flexibility index (Phi) is 4.71. The van der Waals surface area contributed by atoms with Gasteiger partial charge in [0.25, 0.3) is 0 Å². The molecule has 1 aromatic heterocycles. The van der Waals surface area contributed by atoms with Gasteiger partial charge in [0.05, 0.1) is 5.69 Å². The summed E-state index contributed by atoms with van der Waals surface area (Å²) in [4.78, 5) is 6.58. The van der Waals surface area contributed by atoms with Crippen LogP contribution in [0.25, 0.3) is 0 Å². The molecule has 1 rings (SSSR count). The van der Waals surface area contributed by atoms with Crippen molar-refractivity contribution in [3.8, 4) is 0 Å². The summed E-state index contributed by atoms with van der Waals surface area (Å²) in [6.45, 7) is 2.91. The summed E-state index contributed by atoms with van der Waals surface area (Å²) < 4.78 is 0. The molecule has 0 bridgehead atoms. The molecule has 0 aromatic carbocycles. The summed E-state index contributed by atoms with van der Waals surface area (Å²) in [6, 6.07) is 0. The van der Waals surface area contributed by atoms with E-state index in [1.165, 1.54) is 0 Å². The molecule has 5 heteroatoms. The number of anilines is 1. The van der Waals surface area contributed by atoms with Crippen molar-refractivity contribution in [2.75, 3.05) is 31.3 Å². The molecule has 0 fully saturated rings.